The van der Waals surface area contributed by atoms with E-state index in [1.165, 1.54) is 66.8 Å². The number of hydrogen-bond acceptors (Lipinski definition) is 1. The molecule has 34 heavy (non-hydrogen) atoms. The molecule has 0 fully saturated rings. The van der Waals surface area contributed by atoms with Crippen molar-refractivity contribution in [1.29, 1.82) is 0 Å². The van der Waals surface area contributed by atoms with Gasteiger partial charge in [-0.3, -0.25) is 4.98 Å². The molecule has 0 saturated heterocycles. The van der Waals surface area contributed by atoms with Gasteiger partial charge in [-0.05, 0) is 88.5 Å². The molecule has 1 nitrogen and oxygen atoms in total. The van der Waals surface area contributed by atoms with Crippen LogP contribution in [0, 0.1) is 20.8 Å². The first-order valence-corrected chi connectivity index (χ1v) is 12.0. The standard InChI is InChI=1S/C33H25N/c1-20-17-21(2)31(22(3)18-20)23-14-15-26-30(19-23)33(29-13-8-16-34-32(26)29)27-11-6-4-9-24(27)25-10-5-7-12-28(25)33/h4-19H,1-3H3. The van der Waals surface area contributed by atoms with E-state index in [1.54, 1.807) is 0 Å². The van der Waals surface area contributed by atoms with Gasteiger partial charge >= 0.3 is 0 Å². The predicted octanol–water partition coefficient (Wildman–Crippen LogP) is 8.02. The van der Waals surface area contributed by atoms with Crippen LogP contribution in [0.15, 0.2) is 97.2 Å². The molecule has 2 aliphatic carbocycles. The minimum atomic E-state index is -0.339. The lowest BCUT2D eigenvalue weighted by Crippen LogP contribution is -2.26. The zero-order chi connectivity index (χ0) is 23.0. The molecular weight excluding hydrogens is 410 g/mol. The number of pyridine rings is 1. The maximum atomic E-state index is 4.91. The highest BCUT2D eigenvalue weighted by Crippen LogP contribution is 2.62. The van der Waals surface area contributed by atoms with Crippen molar-refractivity contribution in [3.8, 4) is 33.5 Å². The molecule has 2 aliphatic rings. The summed E-state index contributed by atoms with van der Waals surface area (Å²) in [6.07, 6.45) is 1.93. The minimum Gasteiger partial charge on any atom is -0.256 e. The summed E-state index contributed by atoms with van der Waals surface area (Å²) in [5.74, 6) is 0. The smallest absolute Gasteiger partial charge is 0.0753 e. The molecule has 4 aromatic carbocycles. The molecule has 0 bridgehead atoms. The number of aromatic nitrogens is 1. The summed E-state index contributed by atoms with van der Waals surface area (Å²) in [5.41, 5.74) is 16.6. The molecule has 0 radical (unpaired) electrons. The number of rotatable bonds is 1. The van der Waals surface area contributed by atoms with Crippen molar-refractivity contribution in [3.63, 3.8) is 0 Å². The van der Waals surface area contributed by atoms with Crippen LogP contribution in [-0.2, 0) is 5.41 Å². The Bertz CT molecular complexity index is 1550. The van der Waals surface area contributed by atoms with Gasteiger partial charge in [0.1, 0.15) is 0 Å². The van der Waals surface area contributed by atoms with Crippen LogP contribution in [0.2, 0.25) is 0 Å². The zero-order valence-corrected chi connectivity index (χ0v) is 19.7. The Labute approximate surface area is 200 Å². The van der Waals surface area contributed by atoms with Crippen LogP contribution < -0.4 is 0 Å². The topological polar surface area (TPSA) is 12.9 Å². The Hall–Kier alpha value is -3.97. The maximum absolute atomic E-state index is 4.91. The van der Waals surface area contributed by atoms with Gasteiger partial charge in [0, 0.05) is 11.8 Å². The van der Waals surface area contributed by atoms with Crippen molar-refractivity contribution >= 4 is 0 Å². The summed E-state index contributed by atoms with van der Waals surface area (Å²) >= 11 is 0. The second-order valence-corrected chi connectivity index (χ2v) is 9.77. The van der Waals surface area contributed by atoms with Gasteiger partial charge in [-0.25, -0.2) is 0 Å². The van der Waals surface area contributed by atoms with Gasteiger partial charge < -0.3 is 0 Å². The SMILES string of the molecule is Cc1cc(C)c(-c2ccc3c(c2)C2(c4ccccc4-c4ccccc42)c2cccnc2-3)c(C)c1. The van der Waals surface area contributed by atoms with E-state index in [9.17, 15) is 0 Å². The third kappa shape index (κ3) is 2.32. The first-order valence-electron chi connectivity index (χ1n) is 12.0. The highest BCUT2D eigenvalue weighted by Gasteiger charge is 2.52. The third-order valence-electron chi connectivity index (χ3n) is 7.81. The lowest BCUT2D eigenvalue weighted by molar-refractivity contribution is 0.791. The van der Waals surface area contributed by atoms with Crippen LogP contribution in [0.1, 0.15) is 38.9 Å². The fourth-order valence-corrected chi connectivity index (χ4v) is 6.73. The Morgan fingerprint density at radius 1 is 0.559 bits per heavy atom. The van der Waals surface area contributed by atoms with Crippen molar-refractivity contribution in [2.75, 3.05) is 0 Å². The minimum absolute atomic E-state index is 0.339. The normalized spacial score (nSPS) is 14.0. The predicted molar refractivity (Wildman–Crippen MR) is 140 cm³/mol. The van der Waals surface area contributed by atoms with E-state index in [2.05, 4.69) is 112 Å². The van der Waals surface area contributed by atoms with Crippen molar-refractivity contribution < 1.29 is 0 Å². The van der Waals surface area contributed by atoms with Crippen molar-refractivity contribution in [3.05, 3.63) is 136 Å². The van der Waals surface area contributed by atoms with E-state index >= 15 is 0 Å². The quantitative estimate of drug-likeness (QED) is 0.254. The second-order valence-electron chi connectivity index (χ2n) is 9.77. The molecule has 1 spiro atoms. The molecule has 1 heterocycles. The first kappa shape index (κ1) is 19.5. The maximum Gasteiger partial charge on any atom is 0.0753 e. The summed E-state index contributed by atoms with van der Waals surface area (Å²) in [7, 11) is 0. The van der Waals surface area contributed by atoms with Crippen LogP contribution in [0.25, 0.3) is 33.5 Å². The molecule has 0 amide bonds. The molecule has 0 saturated carbocycles. The van der Waals surface area contributed by atoms with Crippen molar-refractivity contribution in [2.24, 2.45) is 0 Å². The number of aryl methyl sites for hydroxylation is 3. The summed E-state index contributed by atoms with van der Waals surface area (Å²) in [6, 6.07) is 33.8. The average molecular weight is 436 g/mol. The Morgan fingerprint density at radius 2 is 1.18 bits per heavy atom. The van der Waals surface area contributed by atoms with Crippen LogP contribution in [0.3, 0.4) is 0 Å². The van der Waals surface area contributed by atoms with Gasteiger partial charge in [0.15, 0.2) is 0 Å². The zero-order valence-electron chi connectivity index (χ0n) is 19.7. The van der Waals surface area contributed by atoms with Crippen LogP contribution in [0.5, 0.6) is 0 Å². The van der Waals surface area contributed by atoms with Crippen LogP contribution in [0.4, 0.5) is 0 Å². The van der Waals surface area contributed by atoms with Gasteiger partial charge in [-0.15, -0.1) is 0 Å². The van der Waals surface area contributed by atoms with E-state index in [0.29, 0.717) is 0 Å². The van der Waals surface area contributed by atoms with Crippen molar-refractivity contribution in [1.82, 2.24) is 4.98 Å². The Morgan fingerprint density at radius 3 is 1.85 bits per heavy atom. The van der Waals surface area contributed by atoms with E-state index in [4.69, 9.17) is 4.98 Å². The van der Waals surface area contributed by atoms with E-state index in [0.717, 1.165) is 5.69 Å². The van der Waals surface area contributed by atoms with E-state index in [1.807, 2.05) is 6.20 Å². The van der Waals surface area contributed by atoms with Gasteiger partial charge in [-0.1, -0.05) is 84.4 Å². The fraction of sp³-hybridized carbons (Fsp3) is 0.121. The lowest BCUT2D eigenvalue weighted by Gasteiger charge is -2.30. The molecule has 7 rings (SSSR count). The largest absolute Gasteiger partial charge is 0.256 e. The molecule has 1 heteroatoms. The molecule has 0 unspecified atom stereocenters. The number of benzene rings is 4. The Balaban J connectivity index is 1.62. The second kappa shape index (κ2) is 6.77. The fourth-order valence-electron chi connectivity index (χ4n) is 6.73. The number of nitrogens with zero attached hydrogens (tertiary/aromatic N) is 1. The Kier molecular flexibility index (Phi) is 3.88. The monoisotopic (exact) mass is 435 g/mol. The van der Waals surface area contributed by atoms with Crippen molar-refractivity contribution in [2.45, 2.75) is 26.2 Å². The molecule has 0 aliphatic heterocycles. The van der Waals surface area contributed by atoms with E-state index < -0.39 is 0 Å². The molecule has 0 N–H and O–H groups in total. The van der Waals surface area contributed by atoms with Gasteiger partial charge in [0.25, 0.3) is 0 Å². The van der Waals surface area contributed by atoms with Gasteiger partial charge in [0.2, 0.25) is 0 Å². The first-order chi connectivity index (χ1) is 16.6. The molecule has 162 valence electrons. The van der Waals surface area contributed by atoms with Gasteiger partial charge in [-0.2, -0.15) is 0 Å². The summed E-state index contributed by atoms with van der Waals surface area (Å²) in [6.45, 7) is 6.64. The molecule has 0 atom stereocenters. The summed E-state index contributed by atoms with van der Waals surface area (Å²) < 4.78 is 0. The lowest BCUT2D eigenvalue weighted by atomic mass is 9.70. The number of fused-ring (bicyclic) bond motifs is 10. The average Bonchev–Trinajstić information content (AvgIpc) is 3.31. The van der Waals surface area contributed by atoms with E-state index in [-0.39, 0.29) is 5.41 Å². The van der Waals surface area contributed by atoms with Gasteiger partial charge in [0.05, 0.1) is 11.1 Å². The molecular formula is C33H25N. The highest BCUT2D eigenvalue weighted by atomic mass is 14.7. The van der Waals surface area contributed by atoms with Crippen LogP contribution >= 0.6 is 0 Å². The summed E-state index contributed by atoms with van der Waals surface area (Å²) in [4.78, 5) is 4.91. The third-order valence-corrected chi connectivity index (χ3v) is 7.81. The molecule has 1 aromatic heterocycles. The highest BCUT2D eigenvalue weighted by molar-refractivity contribution is 5.95. The molecule has 5 aromatic rings. The number of hydrogen-bond donors (Lipinski definition) is 0. The summed E-state index contributed by atoms with van der Waals surface area (Å²) in [5, 5.41) is 0. The van der Waals surface area contributed by atoms with Crippen LogP contribution in [-0.4, -0.2) is 4.98 Å².